The molecule has 34 heavy (non-hydrogen) atoms. The molecule has 8 nitrogen and oxygen atoms in total. The van der Waals surface area contributed by atoms with Gasteiger partial charge in [0.1, 0.15) is 18.1 Å². The number of carbonyl (C=O) groups is 1. The molecule has 0 aliphatic carbocycles. The van der Waals surface area contributed by atoms with Gasteiger partial charge in [0.25, 0.3) is 5.91 Å². The number of allylic oxidation sites excluding steroid dienone is 2. The van der Waals surface area contributed by atoms with Crippen LogP contribution in [-0.4, -0.2) is 54.8 Å². The van der Waals surface area contributed by atoms with Crippen LogP contribution in [0.5, 0.6) is 11.5 Å². The Morgan fingerprint density at radius 2 is 2.29 bits per heavy atom. The Balaban J connectivity index is 1.68. The quantitative estimate of drug-likeness (QED) is 0.541. The van der Waals surface area contributed by atoms with Crippen molar-refractivity contribution < 1.29 is 19.0 Å². The molecule has 9 heteroatoms. The van der Waals surface area contributed by atoms with Crippen molar-refractivity contribution in [2.75, 3.05) is 27.4 Å². The summed E-state index contributed by atoms with van der Waals surface area (Å²) >= 11 is 1.58. The molecule has 4 heterocycles. The van der Waals surface area contributed by atoms with Crippen molar-refractivity contribution in [1.82, 2.24) is 15.1 Å². The second-order valence-electron chi connectivity index (χ2n) is 8.05. The van der Waals surface area contributed by atoms with Gasteiger partial charge in [-0.2, -0.15) is 16.4 Å². The number of aliphatic imine (C=N–C) groups is 1. The summed E-state index contributed by atoms with van der Waals surface area (Å²) in [6.07, 6.45) is 4.67. The first-order chi connectivity index (χ1) is 16.6. The summed E-state index contributed by atoms with van der Waals surface area (Å²) < 4.78 is 19.0. The molecular weight excluding hydrogens is 452 g/mol. The number of methoxy groups -OCH3 is 1. The molecule has 1 N–H and O–H groups in total. The van der Waals surface area contributed by atoms with Gasteiger partial charge in [0, 0.05) is 41.8 Å². The van der Waals surface area contributed by atoms with Crippen LogP contribution >= 0.6 is 11.3 Å². The standard InChI is InChI=1S/C25H26N4O4S/c1-4-5-20(26-2)17-10-18-22(11-21(17)31-3)33-13-19-23(25(30)27-15-6-8-32-12-15)28-29(24(18)19)16-7-9-34-14-16/h4-5,7,9-11,14-15H,6,8,12-13H2,1-3H3,(H,27,30)/b5-4-,26-20?. The Morgan fingerprint density at radius 3 is 2.97 bits per heavy atom. The van der Waals surface area contributed by atoms with Gasteiger partial charge in [-0.25, -0.2) is 4.68 Å². The van der Waals surface area contributed by atoms with E-state index in [-0.39, 0.29) is 18.6 Å². The molecule has 1 saturated heterocycles. The van der Waals surface area contributed by atoms with E-state index in [4.69, 9.17) is 19.3 Å². The fraction of sp³-hybridized carbons (Fsp3) is 0.320. The molecule has 1 aromatic carbocycles. The summed E-state index contributed by atoms with van der Waals surface area (Å²) in [4.78, 5) is 17.7. The number of nitrogens with zero attached hydrogens (tertiary/aromatic N) is 3. The zero-order valence-corrected chi connectivity index (χ0v) is 20.1. The molecule has 0 bridgehead atoms. The fourth-order valence-corrected chi connectivity index (χ4v) is 4.95. The minimum Gasteiger partial charge on any atom is -0.496 e. The van der Waals surface area contributed by atoms with Gasteiger partial charge in [-0.3, -0.25) is 9.79 Å². The molecule has 1 fully saturated rings. The van der Waals surface area contributed by atoms with Crippen LogP contribution in [-0.2, 0) is 11.3 Å². The summed E-state index contributed by atoms with van der Waals surface area (Å²) in [6.45, 7) is 3.36. The Bertz CT molecular complexity index is 1270. The van der Waals surface area contributed by atoms with E-state index in [1.165, 1.54) is 0 Å². The Labute approximate surface area is 201 Å². The van der Waals surface area contributed by atoms with Crippen LogP contribution in [0.15, 0.2) is 46.1 Å². The summed E-state index contributed by atoms with van der Waals surface area (Å²) in [5.41, 5.74) is 5.33. The molecule has 0 spiro atoms. The number of fused-ring (bicyclic) bond motifs is 3. The summed E-state index contributed by atoms with van der Waals surface area (Å²) in [6, 6.07) is 5.86. The summed E-state index contributed by atoms with van der Waals surface area (Å²) in [7, 11) is 3.38. The van der Waals surface area contributed by atoms with Gasteiger partial charge in [0.15, 0.2) is 5.69 Å². The van der Waals surface area contributed by atoms with Crippen LogP contribution < -0.4 is 14.8 Å². The van der Waals surface area contributed by atoms with Gasteiger partial charge in [-0.1, -0.05) is 6.08 Å². The molecule has 0 saturated carbocycles. The lowest BCUT2D eigenvalue weighted by atomic mass is 9.97. The van der Waals surface area contributed by atoms with Crippen LogP contribution in [0.2, 0.25) is 0 Å². The average Bonchev–Trinajstić information content (AvgIpc) is 3.62. The maximum atomic E-state index is 13.2. The van der Waals surface area contributed by atoms with Crippen LogP contribution in [0, 0.1) is 0 Å². The van der Waals surface area contributed by atoms with Crippen molar-refractivity contribution in [3.63, 3.8) is 0 Å². The second kappa shape index (κ2) is 9.44. The number of benzene rings is 1. The van der Waals surface area contributed by atoms with Crippen LogP contribution in [0.25, 0.3) is 16.9 Å². The lowest BCUT2D eigenvalue weighted by Crippen LogP contribution is -2.35. The molecule has 1 atom stereocenters. The minimum atomic E-state index is -0.216. The molecule has 2 aliphatic rings. The molecule has 1 unspecified atom stereocenters. The maximum absolute atomic E-state index is 13.2. The summed E-state index contributed by atoms with van der Waals surface area (Å²) in [5.74, 6) is 1.13. The van der Waals surface area contributed by atoms with E-state index in [1.54, 1.807) is 25.5 Å². The van der Waals surface area contributed by atoms with Gasteiger partial charge in [0.05, 0.1) is 36.9 Å². The van der Waals surface area contributed by atoms with E-state index in [1.807, 2.05) is 52.7 Å². The molecule has 5 rings (SSSR count). The number of carbonyl (C=O) groups excluding carboxylic acids is 1. The number of aromatic nitrogens is 2. The van der Waals surface area contributed by atoms with Crippen molar-refractivity contribution in [1.29, 1.82) is 0 Å². The third kappa shape index (κ3) is 3.91. The van der Waals surface area contributed by atoms with Crippen molar-refractivity contribution in [2.45, 2.75) is 26.0 Å². The van der Waals surface area contributed by atoms with Crippen molar-refractivity contribution in [3.05, 3.63) is 57.9 Å². The first-order valence-corrected chi connectivity index (χ1v) is 12.1. The van der Waals surface area contributed by atoms with Crippen LogP contribution in [0.1, 0.15) is 35.0 Å². The monoisotopic (exact) mass is 478 g/mol. The predicted octanol–water partition coefficient (Wildman–Crippen LogP) is 4.02. The molecule has 2 aromatic heterocycles. The average molecular weight is 479 g/mol. The van der Waals surface area contributed by atoms with Crippen molar-refractivity contribution >= 4 is 23.0 Å². The third-order valence-corrected chi connectivity index (χ3v) is 6.66. The number of rotatable bonds is 6. The first-order valence-electron chi connectivity index (χ1n) is 11.1. The number of nitrogens with one attached hydrogen (secondary N) is 1. The maximum Gasteiger partial charge on any atom is 0.272 e. The Kier molecular flexibility index (Phi) is 6.21. The highest BCUT2D eigenvalue weighted by Crippen LogP contribution is 2.43. The van der Waals surface area contributed by atoms with Gasteiger partial charge in [-0.15, -0.1) is 0 Å². The predicted molar refractivity (Wildman–Crippen MR) is 132 cm³/mol. The molecular formula is C25H26N4O4S. The molecule has 176 valence electrons. The zero-order valence-electron chi connectivity index (χ0n) is 19.3. The number of hydrogen-bond acceptors (Lipinski definition) is 7. The molecule has 3 aromatic rings. The lowest BCUT2D eigenvalue weighted by Gasteiger charge is -2.22. The molecule has 1 amide bonds. The minimum absolute atomic E-state index is 0.00809. The lowest BCUT2D eigenvalue weighted by molar-refractivity contribution is 0.0922. The topological polar surface area (TPSA) is 87.0 Å². The van der Waals surface area contributed by atoms with Gasteiger partial charge >= 0.3 is 0 Å². The van der Waals surface area contributed by atoms with Gasteiger partial charge in [-0.05, 0) is 36.9 Å². The second-order valence-corrected chi connectivity index (χ2v) is 8.83. The number of hydrogen-bond donors (Lipinski definition) is 1. The zero-order chi connectivity index (χ0) is 23.7. The smallest absolute Gasteiger partial charge is 0.272 e. The van der Waals surface area contributed by atoms with Gasteiger partial charge < -0.3 is 19.5 Å². The number of thiophene rings is 1. The largest absolute Gasteiger partial charge is 0.496 e. The van der Waals surface area contributed by atoms with Crippen molar-refractivity contribution in [3.8, 4) is 28.4 Å². The third-order valence-electron chi connectivity index (χ3n) is 5.98. The molecule has 2 aliphatic heterocycles. The fourth-order valence-electron chi connectivity index (χ4n) is 4.34. The molecule has 0 radical (unpaired) electrons. The van der Waals surface area contributed by atoms with E-state index < -0.39 is 0 Å². The number of amides is 1. The Hall–Kier alpha value is -3.43. The van der Waals surface area contributed by atoms with E-state index in [9.17, 15) is 4.79 Å². The van der Waals surface area contributed by atoms with Crippen molar-refractivity contribution in [2.24, 2.45) is 4.99 Å². The van der Waals surface area contributed by atoms with E-state index >= 15 is 0 Å². The highest BCUT2D eigenvalue weighted by molar-refractivity contribution is 7.08. The summed E-state index contributed by atoms with van der Waals surface area (Å²) in [5, 5.41) is 11.8. The van der Waals surface area contributed by atoms with Crippen LogP contribution in [0.4, 0.5) is 0 Å². The number of ether oxygens (including phenoxy) is 3. The van der Waals surface area contributed by atoms with Gasteiger partial charge in [0.2, 0.25) is 0 Å². The highest BCUT2D eigenvalue weighted by Gasteiger charge is 2.32. The van der Waals surface area contributed by atoms with E-state index in [2.05, 4.69) is 10.3 Å². The normalized spacial score (nSPS) is 17.4. The van der Waals surface area contributed by atoms with E-state index in [0.717, 1.165) is 40.2 Å². The van der Waals surface area contributed by atoms with E-state index in [0.29, 0.717) is 30.4 Å². The van der Waals surface area contributed by atoms with Crippen LogP contribution in [0.3, 0.4) is 0 Å². The SMILES string of the molecule is C/C=C\C(=NC)c1cc2c(cc1OC)OCc1c(C(=O)NC3CCOC3)nn(-c3ccsc3)c1-2. The highest BCUT2D eigenvalue weighted by atomic mass is 32.1. The first kappa shape index (κ1) is 22.4. The Morgan fingerprint density at radius 1 is 1.41 bits per heavy atom.